The van der Waals surface area contributed by atoms with Gasteiger partial charge in [0.05, 0.1) is 30.5 Å². The number of hydroxylamine groups is 2. The molecule has 0 spiro atoms. The summed E-state index contributed by atoms with van der Waals surface area (Å²) in [6.45, 7) is 7.30. The lowest BCUT2D eigenvalue weighted by Crippen LogP contribution is -2.76. The van der Waals surface area contributed by atoms with E-state index in [1.165, 1.54) is 19.2 Å². The smallest absolute Gasteiger partial charge is 0.418 e. The minimum atomic E-state index is -5.01. The molecule has 2 fully saturated rings. The lowest BCUT2D eigenvalue weighted by molar-refractivity contribution is -0.781. The molecule has 3 aromatic rings. The number of hydrogen-bond donors (Lipinski definition) is 6. The summed E-state index contributed by atoms with van der Waals surface area (Å²) in [6, 6.07) is 6.29. The normalized spacial score (nSPS) is 18.0. The van der Waals surface area contributed by atoms with Crippen LogP contribution in [0.5, 0.6) is 5.75 Å². The number of aryl methyl sites for hydroxylation is 1. The second-order valence-corrected chi connectivity index (χ2v) is 14.7. The van der Waals surface area contributed by atoms with Crippen molar-refractivity contribution >= 4 is 50.4 Å². The fourth-order valence-corrected chi connectivity index (χ4v) is 6.56. The first-order valence-electron chi connectivity index (χ1n) is 16.4. The number of carbonyl (C=O) groups is 3. The maximum atomic E-state index is 13.3. The van der Waals surface area contributed by atoms with Crippen molar-refractivity contribution in [1.29, 1.82) is 0 Å². The van der Waals surface area contributed by atoms with Crippen LogP contribution in [0.4, 0.5) is 5.13 Å². The molecular formula is C31H42N9O10S2+. The number of aromatic nitrogens is 3. The molecule has 21 heteroatoms. The lowest BCUT2D eigenvalue weighted by Gasteiger charge is -2.50. The molecule has 2 aliphatic rings. The van der Waals surface area contributed by atoms with E-state index in [-0.39, 0.29) is 30.3 Å². The Bertz CT molecular complexity index is 1890. The molecule has 2 aliphatic heterocycles. The van der Waals surface area contributed by atoms with E-state index >= 15 is 0 Å². The van der Waals surface area contributed by atoms with E-state index in [1.807, 2.05) is 24.3 Å². The molecule has 0 bridgehead atoms. The topological polar surface area (TPSA) is 267 Å². The van der Waals surface area contributed by atoms with Crippen molar-refractivity contribution in [3.63, 3.8) is 0 Å². The van der Waals surface area contributed by atoms with E-state index in [9.17, 15) is 27.9 Å². The monoisotopic (exact) mass is 764 g/mol. The quantitative estimate of drug-likeness (QED) is 0.0233. The van der Waals surface area contributed by atoms with Crippen LogP contribution in [0.15, 0.2) is 47.2 Å². The summed E-state index contributed by atoms with van der Waals surface area (Å²) in [5.41, 5.74) is 11.6. The Morgan fingerprint density at radius 3 is 2.54 bits per heavy atom. The van der Waals surface area contributed by atoms with Gasteiger partial charge in [0, 0.05) is 30.8 Å². The number of nitrogen functional groups attached to an aromatic ring is 1. The van der Waals surface area contributed by atoms with Crippen LogP contribution in [0.25, 0.3) is 11.1 Å². The van der Waals surface area contributed by atoms with Gasteiger partial charge in [0.15, 0.2) is 17.4 Å². The number of benzene rings is 1. The first-order chi connectivity index (χ1) is 24.7. The predicted molar refractivity (Wildman–Crippen MR) is 186 cm³/mol. The SMILES string of the molecule is CC1(C)C(NC(=O)/C(=N\O[C@@H](CCCOc2ccc(-c3cn(CCCN)[n+](CC4CNC4)c3)cc2)C(=O)O)c2csc(N)n2)C(=O)N1OS(=O)(=O)O. The van der Waals surface area contributed by atoms with Crippen LogP contribution in [0.1, 0.15) is 38.8 Å². The average molecular weight is 765 g/mol. The molecule has 52 heavy (non-hydrogen) atoms. The molecule has 282 valence electrons. The van der Waals surface area contributed by atoms with Gasteiger partial charge in [-0.2, -0.15) is 18.2 Å². The molecule has 2 amide bonds. The fraction of sp³-hybridized carbons (Fsp3) is 0.484. The maximum Gasteiger partial charge on any atom is 0.418 e. The van der Waals surface area contributed by atoms with Crippen molar-refractivity contribution in [2.75, 3.05) is 32.0 Å². The Balaban J connectivity index is 1.17. The molecule has 19 nitrogen and oxygen atoms in total. The van der Waals surface area contributed by atoms with Crippen LogP contribution in [0, 0.1) is 5.92 Å². The van der Waals surface area contributed by atoms with Crippen LogP contribution in [-0.2, 0) is 47.0 Å². The molecule has 8 N–H and O–H groups in total. The molecule has 5 rings (SSSR count). The van der Waals surface area contributed by atoms with Crippen LogP contribution in [0.2, 0.25) is 0 Å². The van der Waals surface area contributed by atoms with Crippen molar-refractivity contribution < 1.29 is 51.0 Å². The highest BCUT2D eigenvalue weighted by atomic mass is 32.3. The average Bonchev–Trinajstić information content (AvgIpc) is 3.69. The van der Waals surface area contributed by atoms with Crippen LogP contribution in [-0.4, -0.2) is 100 Å². The van der Waals surface area contributed by atoms with E-state index in [1.54, 1.807) is 0 Å². The van der Waals surface area contributed by atoms with Crippen LogP contribution in [0.3, 0.4) is 0 Å². The third kappa shape index (κ3) is 9.40. The molecule has 2 aromatic heterocycles. The summed E-state index contributed by atoms with van der Waals surface area (Å²) in [7, 11) is -5.01. The molecule has 2 atom stereocenters. The fourth-order valence-electron chi connectivity index (χ4n) is 5.56. The molecule has 1 unspecified atom stereocenters. The number of ether oxygens (including phenoxy) is 1. The molecule has 1 aromatic carbocycles. The van der Waals surface area contributed by atoms with Crippen molar-refractivity contribution in [1.82, 2.24) is 25.4 Å². The van der Waals surface area contributed by atoms with E-state index in [0.29, 0.717) is 23.3 Å². The Hall–Kier alpha value is -4.67. The largest absolute Gasteiger partial charge is 0.494 e. The number of thiazole rings is 1. The van der Waals surface area contributed by atoms with E-state index in [0.717, 1.165) is 55.1 Å². The Morgan fingerprint density at radius 2 is 1.96 bits per heavy atom. The third-order valence-corrected chi connectivity index (χ3v) is 9.53. The Morgan fingerprint density at radius 1 is 1.23 bits per heavy atom. The van der Waals surface area contributed by atoms with Crippen molar-refractivity contribution in [2.24, 2.45) is 16.8 Å². The number of hydrogen-bond acceptors (Lipinski definition) is 14. The molecule has 4 heterocycles. The summed E-state index contributed by atoms with van der Waals surface area (Å²) in [5.74, 6) is -2.12. The highest BCUT2D eigenvalue weighted by Gasteiger charge is 2.58. The van der Waals surface area contributed by atoms with Gasteiger partial charge >= 0.3 is 16.4 Å². The minimum Gasteiger partial charge on any atom is -0.494 e. The standard InChI is InChI=1S/C31H41N9O10S2/c1-31(2)26(28(42)40(31)50-52(45,46)47)36-27(41)25(23-18-51-30(33)35-23)37-49-24(29(43)44)5-3-12-48-22-8-6-20(7-9-22)21-16-38(11-4-10-32)39(17-21)15-19-13-34-14-19/h6-9,16-19,24,26,34H,3-5,10-15,32H2,1-2H3,(H4-,33,35,36,41,43,44,45,46,47)/p+1/b37-25-/t24-,26?/m0/s1. The van der Waals surface area contributed by atoms with E-state index < -0.39 is 51.6 Å². The van der Waals surface area contributed by atoms with Gasteiger partial charge in [0.25, 0.3) is 11.8 Å². The number of nitrogens with zero attached hydrogens (tertiary/aromatic N) is 5. The number of carboxylic acids is 1. The number of rotatable bonds is 19. The molecule has 0 radical (unpaired) electrons. The van der Waals surface area contributed by atoms with Crippen molar-refractivity contribution in [2.45, 2.75) is 63.9 Å². The van der Waals surface area contributed by atoms with Crippen LogP contribution < -0.4 is 31.5 Å². The Labute approximate surface area is 303 Å². The number of anilines is 1. The lowest BCUT2D eigenvalue weighted by atomic mass is 9.84. The number of carboxylic acid groups (broad SMARTS) is 1. The van der Waals surface area contributed by atoms with Gasteiger partial charge < -0.3 is 36.8 Å². The third-order valence-electron chi connectivity index (χ3n) is 8.52. The van der Waals surface area contributed by atoms with E-state index in [4.69, 9.17) is 25.6 Å². The van der Waals surface area contributed by atoms with Crippen molar-refractivity contribution in [3.05, 3.63) is 47.7 Å². The summed E-state index contributed by atoms with van der Waals surface area (Å²) in [6.07, 6.45) is 3.88. The van der Waals surface area contributed by atoms with Gasteiger partial charge in [0.1, 0.15) is 17.5 Å². The Kier molecular flexibility index (Phi) is 12.1. The number of carbonyl (C=O) groups excluding carboxylic acids is 2. The molecule has 0 aliphatic carbocycles. The van der Waals surface area contributed by atoms with Gasteiger partial charge in [-0.05, 0) is 50.9 Å². The van der Waals surface area contributed by atoms with Gasteiger partial charge in [-0.1, -0.05) is 17.3 Å². The summed E-state index contributed by atoms with van der Waals surface area (Å²) in [4.78, 5) is 47.1. The predicted octanol–water partition coefficient (Wildman–Crippen LogP) is -0.0774. The van der Waals surface area contributed by atoms with Gasteiger partial charge in [-0.15, -0.1) is 20.3 Å². The number of amides is 2. The molecular weight excluding hydrogens is 723 g/mol. The molecule has 0 saturated carbocycles. The second kappa shape index (κ2) is 16.3. The summed E-state index contributed by atoms with van der Waals surface area (Å²) in [5, 5.41) is 21.1. The number of aliphatic carboxylic acids is 1. The number of nitrogens with one attached hydrogen (secondary N) is 2. The highest BCUT2D eigenvalue weighted by molar-refractivity contribution is 7.80. The minimum absolute atomic E-state index is 0.0338. The van der Waals surface area contributed by atoms with E-state index in [2.05, 4.69) is 46.8 Å². The van der Waals surface area contributed by atoms with Gasteiger partial charge in [-0.25, -0.2) is 9.78 Å². The summed E-state index contributed by atoms with van der Waals surface area (Å²) < 4.78 is 45.8. The zero-order chi connectivity index (χ0) is 37.6. The number of oxime groups is 1. The second-order valence-electron chi connectivity index (χ2n) is 12.8. The zero-order valence-electron chi connectivity index (χ0n) is 28.5. The van der Waals surface area contributed by atoms with Crippen molar-refractivity contribution in [3.8, 4) is 16.9 Å². The highest BCUT2D eigenvalue weighted by Crippen LogP contribution is 2.33. The maximum absolute atomic E-state index is 13.3. The summed E-state index contributed by atoms with van der Waals surface area (Å²) >= 11 is 0.979. The van der Waals surface area contributed by atoms with Crippen LogP contribution >= 0.6 is 11.3 Å². The number of β-lactam (4-membered cyclic amide) rings is 1. The molecule has 2 saturated heterocycles. The van der Waals surface area contributed by atoms with Gasteiger partial charge in [-0.3, -0.25) is 14.1 Å². The zero-order valence-corrected chi connectivity index (χ0v) is 30.1. The number of nitrogens with two attached hydrogens (primary N) is 2. The van der Waals surface area contributed by atoms with Gasteiger partial charge in [0.2, 0.25) is 12.3 Å². The first kappa shape index (κ1) is 38.6. The first-order valence-corrected chi connectivity index (χ1v) is 18.6.